The first-order valence-electron chi connectivity index (χ1n) is 6.19. The average Bonchev–Trinajstić information content (AvgIpc) is 2.93. The molecule has 0 bridgehead atoms. The fourth-order valence-electron chi connectivity index (χ4n) is 2.32. The molecule has 0 spiro atoms. The lowest BCUT2D eigenvalue weighted by atomic mass is 10.1. The van der Waals surface area contributed by atoms with Gasteiger partial charge in [0.1, 0.15) is 5.69 Å². The van der Waals surface area contributed by atoms with Gasteiger partial charge in [-0.2, -0.15) is 0 Å². The number of pyridine rings is 1. The molecule has 0 fully saturated rings. The molecular weight excluding hydrogens is 276 g/mol. The van der Waals surface area contributed by atoms with E-state index in [1.54, 1.807) is 16.2 Å². The van der Waals surface area contributed by atoms with Gasteiger partial charge in [-0.05, 0) is 35.6 Å². The molecule has 1 amide bonds. The molecule has 2 aromatic heterocycles. The summed E-state index contributed by atoms with van der Waals surface area (Å²) in [4.78, 5) is 30.5. The van der Waals surface area contributed by atoms with Gasteiger partial charge >= 0.3 is 5.97 Å². The van der Waals surface area contributed by atoms with Gasteiger partial charge < -0.3 is 10.0 Å². The predicted octanol–water partition coefficient (Wildman–Crippen LogP) is 2.04. The van der Waals surface area contributed by atoms with Gasteiger partial charge in [0.25, 0.3) is 5.91 Å². The molecule has 6 heteroatoms. The van der Waals surface area contributed by atoms with Crippen LogP contribution in [0.3, 0.4) is 0 Å². The van der Waals surface area contributed by atoms with Crippen molar-refractivity contribution < 1.29 is 14.7 Å². The summed E-state index contributed by atoms with van der Waals surface area (Å²) in [5.74, 6) is -1.45. The molecule has 0 aromatic carbocycles. The Hall–Kier alpha value is -2.21. The van der Waals surface area contributed by atoms with Crippen LogP contribution in [0.5, 0.6) is 0 Å². The van der Waals surface area contributed by atoms with E-state index in [-0.39, 0.29) is 17.2 Å². The number of rotatable bonds is 2. The summed E-state index contributed by atoms with van der Waals surface area (Å²) in [6.45, 7) is 1.12. The number of aromatic carboxylic acids is 1. The van der Waals surface area contributed by atoms with Crippen LogP contribution in [0.1, 0.15) is 31.3 Å². The molecule has 2 aromatic rings. The number of carboxylic acid groups (broad SMARTS) is 1. The standard InChI is InChI=1S/C14H12N2O3S/c17-13(12-10(14(18)19)2-1-5-15-12)16-6-3-11-9(8-16)4-7-20-11/h1-2,4-5,7H,3,6,8H2,(H,18,19). The van der Waals surface area contributed by atoms with E-state index in [0.29, 0.717) is 13.1 Å². The van der Waals surface area contributed by atoms with Gasteiger partial charge in [-0.15, -0.1) is 11.3 Å². The molecule has 0 atom stereocenters. The quantitative estimate of drug-likeness (QED) is 0.918. The molecule has 20 heavy (non-hydrogen) atoms. The molecular formula is C14H12N2O3S. The van der Waals surface area contributed by atoms with Crippen LogP contribution in [0, 0.1) is 0 Å². The van der Waals surface area contributed by atoms with Gasteiger partial charge in [-0.1, -0.05) is 0 Å². The van der Waals surface area contributed by atoms with E-state index < -0.39 is 5.97 Å². The zero-order valence-corrected chi connectivity index (χ0v) is 11.4. The van der Waals surface area contributed by atoms with Crippen LogP contribution >= 0.6 is 11.3 Å². The van der Waals surface area contributed by atoms with Crippen LogP contribution in [-0.4, -0.2) is 33.4 Å². The zero-order valence-electron chi connectivity index (χ0n) is 10.6. The minimum absolute atomic E-state index is 0.0127. The van der Waals surface area contributed by atoms with Crippen molar-refractivity contribution in [3.05, 3.63) is 51.5 Å². The second-order valence-corrected chi connectivity index (χ2v) is 5.55. The maximum atomic E-state index is 12.5. The largest absolute Gasteiger partial charge is 0.478 e. The Morgan fingerprint density at radius 2 is 2.20 bits per heavy atom. The van der Waals surface area contributed by atoms with Crippen LogP contribution in [-0.2, 0) is 13.0 Å². The van der Waals surface area contributed by atoms with Crippen molar-refractivity contribution in [3.63, 3.8) is 0 Å². The van der Waals surface area contributed by atoms with Gasteiger partial charge in [-0.25, -0.2) is 4.79 Å². The lowest BCUT2D eigenvalue weighted by Gasteiger charge is -2.27. The summed E-state index contributed by atoms with van der Waals surface area (Å²) in [7, 11) is 0. The Bertz CT molecular complexity index is 681. The van der Waals surface area contributed by atoms with Crippen molar-refractivity contribution in [2.75, 3.05) is 6.54 Å². The molecule has 3 heterocycles. The van der Waals surface area contributed by atoms with E-state index in [0.717, 1.165) is 12.0 Å². The van der Waals surface area contributed by atoms with E-state index >= 15 is 0 Å². The maximum absolute atomic E-state index is 12.5. The van der Waals surface area contributed by atoms with Crippen molar-refractivity contribution >= 4 is 23.2 Å². The second-order valence-electron chi connectivity index (χ2n) is 4.55. The molecule has 3 rings (SSSR count). The van der Waals surface area contributed by atoms with Crippen molar-refractivity contribution in [2.24, 2.45) is 0 Å². The number of thiophene rings is 1. The smallest absolute Gasteiger partial charge is 0.338 e. The highest BCUT2D eigenvalue weighted by molar-refractivity contribution is 7.10. The highest BCUT2D eigenvalue weighted by atomic mass is 32.1. The first-order chi connectivity index (χ1) is 9.66. The minimum atomic E-state index is -1.13. The number of nitrogens with zero attached hydrogens (tertiary/aromatic N) is 2. The molecule has 0 radical (unpaired) electrons. The predicted molar refractivity (Wildman–Crippen MR) is 74.0 cm³/mol. The lowest BCUT2D eigenvalue weighted by molar-refractivity contribution is 0.0666. The third kappa shape index (κ3) is 2.18. The molecule has 0 aliphatic carbocycles. The Morgan fingerprint density at radius 3 is 3.00 bits per heavy atom. The zero-order chi connectivity index (χ0) is 14.1. The van der Waals surface area contributed by atoms with E-state index in [9.17, 15) is 9.59 Å². The fraction of sp³-hybridized carbons (Fsp3) is 0.214. The molecule has 1 N–H and O–H groups in total. The Balaban J connectivity index is 1.89. The van der Waals surface area contributed by atoms with Crippen molar-refractivity contribution in [2.45, 2.75) is 13.0 Å². The molecule has 0 saturated carbocycles. The molecule has 0 unspecified atom stereocenters. The SMILES string of the molecule is O=C(O)c1cccnc1C(=O)N1CCc2sccc2C1. The van der Waals surface area contributed by atoms with E-state index in [1.165, 1.54) is 23.2 Å². The monoisotopic (exact) mass is 288 g/mol. The van der Waals surface area contributed by atoms with E-state index in [2.05, 4.69) is 4.98 Å². The van der Waals surface area contributed by atoms with Crippen LogP contribution in [0.2, 0.25) is 0 Å². The number of hydrogen-bond acceptors (Lipinski definition) is 4. The molecule has 5 nitrogen and oxygen atoms in total. The highest BCUT2D eigenvalue weighted by Crippen LogP contribution is 2.25. The summed E-state index contributed by atoms with van der Waals surface area (Å²) < 4.78 is 0. The highest BCUT2D eigenvalue weighted by Gasteiger charge is 2.26. The minimum Gasteiger partial charge on any atom is -0.478 e. The maximum Gasteiger partial charge on any atom is 0.338 e. The summed E-state index contributed by atoms with van der Waals surface area (Å²) >= 11 is 1.70. The number of carbonyl (C=O) groups is 2. The third-order valence-electron chi connectivity index (χ3n) is 3.34. The third-order valence-corrected chi connectivity index (χ3v) is 4.36. The summed E-state index contributed by atoms with van der Waals surface area (Å²) in [5.41, 5.74) is 1.11. The summed E-state index contributed by atoms with van der Waals surface area (Å²) in [6.07, 6.45) is 2.26. The summed E-state index contributed by atoms with van der Waals surface area (Å²) in [6, 6.07) is 4.94. The number of carbonyl (C=O) groups excluding carboxylic acids is 1. The number of carboxylic acids is 1. The Kier molecular flexibility index (Phi) is 3.23. The average molecular weight is 288 g/mol. The molecule has 1 aliphatic rings. The van der Waals surface area contributed by atoms with Crippen molar-refractivity contribution in [3.8, 4) is 0 Å². The summed E-state index contributed by atoms with van der Waals surface area (Å²) in [5, 5.41) is 11.1. The molecule has 1 aliphatic heterocycles. The topological polar surface area (TPSA) is 70.5 Å². The first-order valence-corrected chi connectivity index (χ1v) is 7.07. The van der Waals surface area contributed by atoms with E-state index in [1.807, 2.05) is 11.4 Å². The van der Waals surface area contributed by atoms with Gasteiger partial charge in [-0.3, -0.25) is 9.78 Å². The van der Waals surface area contributed by atoms with Gasteiger partial charge in [0, 0.05) is 24.2 Å². The van der Waals surface area contributed by atoms with E-state index in [4.69, 9.17) is 5.11 Å². The number of aromatic nitrogens is 1. The van der Waals surface area contributed by atoms with Crippen LogP contribution in [0.4, 0.5) is 0 Å². The van der Waals surface area contributed by atoms with Gasteiger partial charge in [0.15, 0.2) is 0 Å². The number of hydrogen-bond donors (Lipinski definition) is 1. The van der Waals surface area contributed by atoms with Gasteiger partial charge in [0.05, 0.1) is 5.56 Å². The number of amides is 1. The Morgan fingerprint density at radius 1 is 1.35 bits per heavy atom. The van der Waals surface area contributed by atoms with Crippen LogP contribution in [0.15, 0.2) is 29.8 Å². The molecule has 0 saturated heterocycles. The fourth-order valence-corrected chi connectivity index (χ4v) is 3.21. The molecule has 102 valence electrons. The van der Waals surface area contributed by atoms with Crippen LogP contribution in [0.25, 0.3) is 0 Å². The Labute approximate surface area is 119 Å². The van der Waals surface area contributed by atoms with Crippen molar-refractivity contribution in [1.82, 2.24) is 9.88 Å². The van der Waals surface area contributed by atoms with Gasteiger partial charge in [0.2, 0.25) is 0 Å². The first kappa shape index (κ1) is 12.8. The second kappa shape index (κ2) is 5.05. The number of fused-ring (bicyclic) bond motifs is 1. The lowest BCUT2D eigenvalue weighted by Crippen LogP contribution is -2.36. The van der Waals surface area contributed by atoms with Crippen molar-refractivity contribution in [1.29, 1.82) is 0 Å². The normalized spacial score (nSPS) is 13.9. The van der Waals surface area contributed by atoms with Crippen LogP contribution < -0.4 is 0 Å².